The van der Waals surface area contributed by atoms with E-state index in [2.05, 4.69) is 10.6 Å². The largest absolute Gasteiger partial charge is 0.421 e. The molecule has 1 aliphatic carbocycles. The number of anilines is 3. The Labute approximate surface area is 226 Å². The Morgan fingerprint density at radius 2 is 1.95 bits per heavy atom. The summed E-state index contributed by atoms with van der Waals surface area (Å²) in [5, 5.41) is 6.60. The normalized spacial score (nSPS) is 13.2. The van der Waals surface area contributed by atoms with Gasteiger partial charge in [-0.25, -0.2) is 9.18 Å². The summed E-state index contributed by atoms with van der Waals surface area (Å²) < 4.78 is 28.3. The minimum Gasteiger partial charge on any atom is -0.421 e. The second-order valence-corrected chi connectivity index (χ2v) is 10.5. The minimum atomic E-state index is -0.584. The molecule has 0 spiro atoms. The molecule has 37 heavy (non-hydrogen) atoms. The Morgan fingerprint density at radius 1 is 1.16 bits per heavy atom. The van der Waals surface area contributed by atoms with E-state index < -0.39 is 11.4 Å². The molecule has 192 valence electrons. The fourth-order valence-electron chi connectivity index (χ4n) is 4.64. The van der Waals surface area contributed by atoms with Crippen molar-refractivity contribution in [3.8, 4) is 11.1 Å². The third-order valence-electron chi connectivity index (χ3n) is 6.63. The number of ether oxygens (including phenoxy) is 1. The van der Waals surface area contributed by atoms with E-state index in [-0.39, 0.29) is 39.5 Å². The fraction of sp³-hybridized carbons (Fsp3) is 0.286. The molecule has 1 saturated carbocycles. The van der Waals surface area contributed by atoms with Crippen LogP contribution in [0.1, 0.15) is 30.1 Å². The lowest BCUT2D eigenvalue weighted by Crippen LogP contribution is -2.25. The van der Waals surface area contributed by atoms with Crippen LogP contribution < -0.4 is 21.8 Å². The van der Waals surface area contributed by atoms with Crippen molar-refractivity contribution in [2.24, 2.45) is 0 Å². The van der Waals surface area contributed by atoms with Gasteiger partial charge in [0.2, 0.25) is 0 Å². The lowest BCUT2D eigenvalue weighted by Gasteiger charge is -2.20. The average molecular weight is 615 g/mol. The minimum absolute atomic E-state index is 0.0776. The number of hydrogen-bond donors (Lipinski definition) is 2. The maximum atomic E-state index is 14.8. The molecule has 0 radical (unpaired) electrons. The number of methoxy groups -OCH3 is 1. The van der Waals surface area contributed by atoms with Crippen molar-refractivity contribution in [1.82, 2.24) is 4.57 Å². The lowest BCUT2D eigenvalue weighted by atomic mass is 9.99. The molecule has 0 bridgehead atoms. The van der Waals surface area contributed by atoms with Gasteiger partial charge in [0.25, 0.3) is 5.56 Å². The number of benzene rings is 2. The summed E-state index contributed by atoms with van der Waals surface area (Å²) in [6.45, 7) is 4.65. The number of fused-ring (bicyclic) bond motifs is 1. The maximum absolute atomic E-state index is 14.8. The number of aromatic nitrogens is 1. The first kappa shape index (κ1) is 25.5. The van der Waals surface area contributed by atoms with Gasteiger partial charge in [-0.3, -0.25) is 4.79 Å². The number of nitrogens with zero attached hydrogens (tertiary/aromatic N) is 1. The molecule has 1 fully saturated rings. The van der Waals surface area contributed by atoms with Crippen LogP contribution in [0.25, 0.3) is 22.1 Å². The van der Waals surface area contributed by atoms with Crippen LogP contribution in [0.3, 0.4) is 0 Å². The van der Waals surface area contributed by atoms with E-state index in [9.17, 15) is 14.0 Å². The van der Waals surface area contributed by atoms with Crippen molar-refractivity contribution >= 4 is 50.6 Å². The van der Waals surface area contributed by atoms with E-state index in [1.54, 1.807) is 30.7 Å². The Balaban J connectivity index is 1.78. The SMILES string of the molecule is COCCNc1cccc(-c2c(C)n(C3CC3)c(=O)c3c(Nc4ccc(I)cc4F)c(C)c(=O)oc23)c1. The van der Waals surface area contributed by atoms with E-state index in [1.165, 1.54) is 6.07 Å². The van der Waals surface area contributed by atoms with Gasteiger partial charge >= 0.3 is 5.63 Å². The third kappa shape index (κ3) is 4.89. The summed E-state index contributed by atoms with van der Waals surface area (Å²) in [5.41, 5.74) is 3.09. The van der Waals surface area contributed by atoms with Gasteiger partial charge in [0.15, 0.2) is 5.58 Å². The Morgan fingerprint density at radius 3 is 2.65 bits per heavy atom. The van der Waals surface area contributed by atoms with Crippen LogP contribution in [-0.4, -0.2) is 24.8 Å². The van der Waals surface area contributed by atoms with Gasteiger partial charge in [-0.2, -0.15) is 0 Å². The highest BCUT2D eigenvalue weighted by Crippen LogP contribution is 2.41. The van der Waals surface area contributed by atoms with E-state index in [0.717, 1.165) is 33.4 Å². The Kier molecular flexibility index (Phi) is 7.09. The monoisotopic (exact) mass is 615 g/mol. The first-order valence-corrected chi connectivity index (χ1v) is 13.2. The first-order valence-electron chi connectivity index (χ1n) is 12.1. The van der Waals surface area contributed by atoms with Crippen LogP contribution in [0.15, 0.2) is 56.5 Å². The number of nitrogens with one attached hydrogen (secondary N) is 2. The molecule has 9 heteroatoms. The molecule has 5 rings (SSSR count). The zero-order valence-electron chi connectivity index (χ0n) is 20.8. The molecule has 0 saturated heterocycles. The smallest absolute Gasteiger partial charge is 0.341 e. The van der Waals surface area contributed by atoms with E-state index in [1.807, 2.05) is 53.8 Å². The summed E-state index contributed by atoms with van der Waals surface area (Å²) >= 11 is 2.03. The molecule has 4 aromatic rings. The third-order valence-corrected chi connectivity index (χ3v) is 7.30. The summed E-state index contributed by atoms with van der Waals surface area (Å²) in [4.78, 5) is 26.9. The van der Waals surface area contributed by atoms with Gasteiger partial charge in [-0.1, -0.05) is 12.1 Å². The summed E-state index contributed by atoms with van der Waals surface area (Å²) in [6.07, 6.45) is 1.79. The molecule has 2 aromatic heterocycles. The van der Waals surface area contributed by atoms with E-state index in [4.69, 9.17) is 9.15 Å². The van der Waals surface area contributed by atoms with Crippen LogP contribution in [0.5, 0.6) is 0 Å². The molecule has 2 aromatic carbocycles. The molecule has 0 amide bonds. The molecule has 0 atom stereocenters. The Bertz CT molecular complexity index is 1630. The lowest BCUT2D eigenvalue weighted by molar-refractivity contribution is 0.211. The van der Waals surface area contributed by atoms with Crippen LogP contribution >= 0.6 is 22.6 Å². The fourth-order valence-corrected chi connectivity index (χ4v) is 5.09. The molecule has 0 unspecified atom stereocenters. The predicted octanol–water partition coefficient (Wildman–Crippen LogP) is 6.12. The first-order chi connectivity index (χ1) is 17.8. The summed E-state index contributed by atoms with van der Waals surface area (Å²) in [6, 6.07) is 12.6. The standard InChI is InChI=1S/C28H27FIN3O4/c1-15-25(32-22-10-7-18(30)14-21(22)29)24-26(37-28(15)35)23(16(2)33(27(24)34)20-8-9-20)17-5-4-6-19(13-17)31-11-12-36-3/h4-7,10,13-14,20,31-32H,8-9,11-12H2,1-3H3. The van der Waals surface area contributed by atoms with Crippen molar-refractivity contribution in [1.29, 1.82) is 0 Å². The number of pyridine rings is 1. The quantitative estimate of drug-likeness (QED) is 0.184. The molecule has 0 aliphatic heterocycles. The summed E-state index contributed by atoms with van der Waals surface area (Å²) in [7, 11) is 1.65. The zero-order chi connectivity index (χ0) is 26.3. The zero-order valence-corrected chi connectivity index (χ0v) is 22.9. The van der Waals surface area contributed by atoms with Crippen molar-refractivity contribution in [3.63, 3.8) is 0 Å². The average Bonchev–Trinajstić information content (AvgIpc) is 3.69. The molecule has 2 heterocycles. The summed E-state index contributed by atoms with van der Waals surface area (Å²) in [5.74, 6) is -0.475. The highest BCUT2D eigenvalue weighted by Gasteiger charge is 2.31. The molecular formula is C28H27FIN3O4. The van der Waals surface area contributed by atoms with Gasteiger partial charge in [0.1, 0.15) is 11.2 Å². The van der Waals surface area contributed by atoms with Gasteiger partial charge in [-0.05, 0) is 85.2 Å². The second-order valence-electron chi connectivity index (χ2n) is 9.21. The Hall–Kier alpha value is -3.18. The van der Waals surface area contributed by atoms with Crippen molar-refractivity contribution in [2.45, 2.75) is 32.7 Å². The van der Waals surface area contributed by atoms with Crippen molar-refractivity contribution in [2.75, 3.05) is 30.9 Å². The number of rotatable bonds is 8. The molecule has 2 N–H and O–H groups in total. The predicted molar refractivity (Wildman–Crippen MR) is 153 cm³/mol. The van der Waals surface area contributed by atoms with Crippen molar-refractivity contribution < 1.29 is 13.5 Å². The van der Waals surface area contributed by atoms with Crippen LogP contribution in [0, 0.1) is 23.2 Å². The van der Waals surface area contributed by atoms with Gasteiger partial charge < -0.3 is 24.4 Å². The van der Waals surface area contributed by atoms with Crippen LogP contribution in [0.2, 0.25) is 0 Å². The highest BCUT2D eigenvalue weighted by molar-refractivity contribution is 14.1. The number of halogens is 2. The molecular weight excluding hydrogens is 588 g/mol. The van der Waals surface area contributed by atoms with E-state index in [0.29, 0.717) is 18.7 Å². The highest BCUT2D eigenvalue weighted by atomic mass is 127. The van der Waals surface area contributed by atoms with Gasteiger partial charge in [-0.15, -0.1) is 0 Å². The van der Waals surface area contributed by atoms with Crippen molar-refractivity contribution in [3.05, 3.63) is 83.9 Å². The molecule has 1 aliphatic rings. The van der Waals surface area contributed by atoms with Crippen LogP contribution in [-0.2, 0) is 4.74 Å². The van der Waals surface area contributed by atoms with Crippen LogP contribution in [0.4, 0.5) is 21.5 Å². The van der Waals surface area contributed by atoms with E-state index >= 15 is 0 Å². The number of hydrogen-bond acceptors (Lipinski definition) is 6. The molecule has 7 nitrogen and oxygen atoms in total. The van der Waals surface area contributed by atoms with Gasteiger partial charge in [0, 0.05) is 40.2 Å². The van der Waals surface area contributed by atoms with Gasteiger partial charge in [0.05, 0.1) is 23.5 Å². The topological polar surface area (TPSA) is 85.5 Å². The second kappa shape index (κ2) is 10.3. The maximum Gasteiger partial charge on any atom is 0.341 e.